The molecule has 6 nitrogen and oxygen atoms in total. The lowest BCUT2D eigenvalue weighted by atomic mass is 10.0. The van der Waals surface area contributed by atoms with E-state index in [4.69, 9.17) is 11.5 Å². The van der Waals surface area contributed by atoms with Crippen LogP contribution in [0.2, 0.25) is 0 Å². The Morgan fingerprint density at radius 3 is 2.00 bits per heavy atom. The van der Waals surface area contributed by atoms with Gasteiger partial charge in [-0.2, -0.15) is 15.0 Å². The maximum atomic E-state index is 5.82. The van der Waals surface area contributed by atoms with Gasteiger partial charge >= 0.3 is 0 Å². The first kappa shape index (κ1) is 17.7. The SMILES string of the molecule is CC[C@@H](c1ccccc1)N(CCc1ccccc1)c1nc(N)nc(N)n1. The molecule has 0 spiro atoms. The van der Waals surface area contributed by atoms with Gasteiger partial charge in [-0.1, -0.05) is 67.6 Å². The molecule has 4 N–H and O–H groups in total. The van der Waals surface area contributed by atoms with E-state index in [0.717, 1.165) is 19.4 Å². The first-order chi connectivity index (χ1) is 12.7. The highest BCUT2D eigenvalue weighted by Gasteiger charge is 2.22. The molecule has 0 aliphatic carbocycles. The molecule has 26 heavy (non-hydrogen) atoms. The molecule has 0 aliphatic rings. The Morgan fingerprint density at radius 2 is 1.42 bits per heavy atom. The van der Waals surface area contributed by atoms with Crippen molar-refractivity contribution in [1.29, 1.82) is 0 Å². The van der Waals surface area contributed by atoms with Crippen molar-refractivity contribution in [2.75, 3.05) is 22.9 Å². The van der Waals surface area contributed by atoms with E-state index in [1.165, 1.54) is 11.1 Å². The van der Waals surface area contributed by atoms with Crippen LogP contribution < -0.4 is 16.4 Å². The van der Waals surface area contributed by atoms with E-state index in [1.807, 2.05) is 36.4 Å². The molecule has 0 saturated carbocycles. The number of hydrogen-bond donors (Lipinski definition) is 2. The number of nitrogen functional groups attached to an aromatic ring is 2. The third-order valence-corrected chi connectivity index (χ3v) is 4.35. The zero-order chi connectivity index (χ0) is 18.4. The summed E-state index contributed by atoms with van der Waals surface area (Å²) < 4.78 is 0. The molecule has 3 rings (SSSR count). The predicted octanol–water partition coefficient (Wildman–Crippen LogP) is 3.24. The van der Waals surface area contributed by atoms with Crippen LogP contribution in [0.3, 0.4) is 0 Å². The lowest BCUT2D eigenvalue weighted by Crippen LogP contribution is -2.32. The zero-order valence-corrected chi connectivity index (χ0v) is 14.9. The number of rotatable bonds is 7. The smallest absolute Gasteiger partial charge is 0.232 e. The minimum absolute atomic E-state index is 0.126. The molecular formula is C20H24N6. The van der Waals surface area contributed by atoms with E-state index in [-0.39, 0.29) is 17.9 Å². The molecule has 3 aromatic rings. The maximum absolute atomic E-state index is 5.82. The number of anilines is 3. The second-order valence-electron chi connectivity index (χ2n) is 6.12. The summed E-state index contributed by atoms with van der Waals surface area (Å²) in [5.74, 6) is 0.793. The van der Waals surface area contributed by atoms with E-state index < -0.39 is 0 Å². The second-order valence-corrected chi connectivity index (χ2v) is 6.12. The fourth-order valence-corrected chi connectivity index (χ4v) is 3.13. The lowest BCUT2D eigenvalue weighted by molar-refractivity contribution is 0.586. The van der Waals surface area contributed by atoms with Crippen molar-refractivity contribution in [2.24, 2.45) is 0 Å². The molecule has 0 saturated heterocycles. The molecule has 1 heterocycles. The molecular weight excluding hydrogens is 324 g/mol. The summed E-state index contributed by atoms with van der Waals surface area (Å²) in [6.45, 7) is 2.90. The van der Waals surface area contributed by atoms with E-state index >= 15 is 0 Å². The molecule has 1 aromatic heterocycles. The highest BCUT2D eigenvalue weighted by Crippen LogP contribution is 2.28. The van der Waals surface area contributed by atoms with Crippen molar-refractivity contribution in [3.05, 3.63) is 71.8 Å². The molecule has 0 fully saturated rings. The fraction of sp³-hybridized carbons (Fsp3) is 0.250. The van der Waals surface area contributed by atoms with Crippen molar-refractivity contribution in [1.82, 2.24) is 15.0 Å². The predicted molar refractivity (Wildman–Crippen MR) is 106 cm³/mol. The monoisotopic (exact) mass is 348 g/mol. The van der Waals surface area contributed by atoms with Crippen LogP contribution >= 0.6 is 0 Å². The van der Waals surface area contributed by atoms with Gasteiger partial charge in [-0.05, 0) is 24.0 Å². The number of aromatic nitrogens is 3. The Hall–Kier alpha value is -3.15. The van der Waals surface area contributed by atoms with Gasteiger partial charge in [-0.3, -0.25) is 0 Å². The summed E-state index contributed by atoms with van der Waals surface area (Å²) in [5, 5.41) is 0. The molecule has 0 amide bonds. The topological polar surface area (TPSA) is 94.0 Å². The van der Waals surface area contributed by atoms with Gasteiger partial charge in [0.25, 0.3) is 0 Å². The molecule has 0 aliphatic heterocycles. The van der Waals surface area contributed by atoms with Crippen LogP contribution in [0.1, 0.15) is 30.5 Å². The molecule has 2 aromatic carbocycles. The molecule has 1 atom stereocenters. The van der Waals surface area contributed by atoms with Gasteiger partial charge in [-0.25, -0.2) is 0 Å². The quantitative estimate of drug-likeness (QED) is 0.681. The molecule has 0 unspecified atom stereocenters. The second kappa shape index (κ2) is 8.29. The van der Waals surface area contributed by atoms with Crippen LogP contribution in [0.5, 0.6) is 0 Å². The van der Waals surface area contributed by atoms with Gasteiger partial charge in [0.05, 0.1) is 6.04 Å². The maximum Gasteiger partial charge on any atom is 0.232 e. The molecule has 6 heteroatoms. The first-order valence-corrected chi connectivity index (χ1v) is 8.80. The van der Waals surface area contributed by atoms with E-state index in [9.17, 15) is 0 Å². The average Bonchev–Trinajstić information content (AvgIpc) is 2.66. The Morgan fingerprint density at radius 1 is 0.846 bits per heavy atom. The summed E-state index contributed by atoms with van der Waals surface area (Å²) in [7, 11) is 0. The summed E-state index contributed by atoms with van der Waals surface area (Å²) >= 11 is 0. The van der Waals surface area contributed by atoms with Crippen molar-refractivity contribution in [3.63, 3.8) is 0 Å². The average molecular weight is 348 g/mol. The van der Waals surface area contributed by atoms with Crippen LogP contribution in [-0.4, -0.2) is 21.5 Å². The molecule has 134 valence electrons. The third kappa shape index (κ3) is 4.27. The van der Waals surface area contributed by atoms with Crippen molar-refractivity contribution in [3.8, 4) is 0 Å². The van der Waals surface area contributed by atoms with Crippen LogP contribution in [0.4, 0.5) is 17.8 Å². The van der Waals surface area contributed by atoms with Gasteiger partial charge in [0.1, 0.15) is 0 Å². The summed E-state index contributed by atoms with van der Waals surface area (Å²) in [6.07, 6.45) is 1.78. The highest BCUT2D eigenvalue weighted by molar-refractivity contribution is 5.43. The lowest BCUT2D eigenvalue weighted by Gasteiger charge is -2.32. The normalized spacial score (nSPS) is 11.9. The Kier molecular flexibility index (Phi) is 5.63. The third-order valence-electron chi connectivity index (χ3n) is 4.35. The standard InChI is InChI=1S/C20H24N6/c1-2-17(16-11-7-4-8-12-16)26(14-13-15-9-5-3-6-10-15)20-24-18(21)23-19(22)25-20/h3-12,17H,2,13-14H2,1H3,(H4,21,22,23,24,25)/t17-/m0/s1. The van der Waals surface area contributed by atoms with Crippen LogP contribution in [0.15, 0.2) is 60.7 Å². The van der Waals surface area contributed by atoms with Crippen molar-refractivity contribution < 1.29 is 0 Å². The minimum Gasteiger partial charge on any atom is -0.368 e. The van der Waals surface area contributed by atoms with Crippen LogP contribution in [-0.2, 0) is 6.42 Å². The van der Waals surface area contributed by atoms with Gasteiger partial charge < -0.3 is 16.4 Å². The Labute approximate surface area is 153 Å². The van der Waals surface area contributed by atoms with Crippen LogP contribution in [0, 0.1) is 0 Å². The number of nitrogens with zero attached hydrogens (tertiary/aromatic N) is 4. The van der Waals surface area contributed by atoms with Gasteiger partial charge in [0.2, 0.25) is 17.8 Å². The van der Waals surface area contributed by atoms with E-state index in [0.29, 0.717) is 5.95 Å². The van der Waals surface area contributed by atoms with Crippen molar-refractivity contribution >= 4 is 17.8 Å². The molecule has 0 radical (unpaired) electrons. The van der Waals surface area contributed by atoms with E-state index in [2.05, 4.69) is 51.0 Å². The Bertz CT molecular complexity index is 802. The minimum atomic E-state index is 0.126. The highest BCUT2D eigenvalue weighted by atomic mass is 15.3. The van der Waals surface area contributed by atoms with E-state index in [1.54, 1.807) is 0 Å². The summed E-state index contributed by atoms with van der Waals surface area (Å²) in [4.78, 5) is 14.7. The van der Waals surface area contributed by atoms with Gasteiger partial charge in [0.15, 0.2) is 0 Å². The summed E-state index contributed by atoms with van der Waals surface area (Å²) in [6, 6.07) is 20.8. The van der Waals surface area contributed by atoms with Gasteiger partial charge in [0, 0.05) is 6.54 Å². The number of benzene rings is 2. The zero-order valence-electron chi connectivity index (χ0n) is 14.9. The van der Waals surface area contributed by atoms with Crippen molar-refractivity contribution in [2.45, 2.75) is 25.8 Å². The van der Waals surface area contributed by atoms with Gasteiger partial charge in [-0.15, -0.1) is 0 Å². The van der Waals surface area contributed by atoms with Crippen LogP contribution in [0.25, 0.3) is 0 Å². The first-order valence-electron chi connectivity index (χ1n) is 8.80. The number of nitrogens with two attached hydrogens (primary N) is 2. The largest absolute Gasteiger partial charge is 0.368 e. The Balaban J connectivity index is 1.94. The summed E-state index contributed by atoms with van der Waals surface area (Å²) in [5.41, 5.74) is 14.1. The number of hydrogen-bond acceptors (Lipinski definition) is 6. The fourth-order valence-electron chi connectivity index (χ4n) is 3.13. The molecule has 0 bridgehead atoms.